The van der Waals surface area contributed by atoms with Crippen LogP contribution in [0.2, 0.25) is 0 Å². The van der Waals surface area contributed by atoms with Crippen molar-refractivity contribution in [3.05, 3.63) is 24.0 Å². The summed E-state index contributed by atoms with van der Waals surface area (Å²) < 4.78 is 34.3. The summed E-state index contributed by atoms with van der Waals surface area (Å²) in [6, 6.07) is 3.77. The molecule has 100 valence electrons. The standard InChI is InChI=1S/C13H17F2NO2/c1-9-2-3-12(8-16-9)17-10-4-6-11(7-5-10)18-13(14)15/h2-3,8,10-11,13H,4-7H2,1H3. The third kappa shape index (κ3) is 3.91. The zero-order valence-corrected chi connectivity index (χ0v) is 10.3. The van der Waals surface area contributed by atoms with Crippen molar-refractivity contribution in [2.45, 2.75) is 51.4 Å². The van der Waals surface area contributed by atoms with Gasteiger partial charge in [-0.1, -0.05) is 0 Å². The number of ether oxygens (including phenoxy) is 2. The van der Waals surface area contributed by atoms with Gasteiger partial charge in [0.2, 0.25) is 0 Å². The maximum atomic E-state index is 12.0. The molecular weight excluding hydrogens is 240 g/mol. The Bertz CT molecular complexity index is 362. The molecule has 0 saturated heterocycles. The lowest BCUT2D eigenvalue weighted by Gasteiger charge is -2.28. The molecule has 1 aliphatic rings. The molecule has 1 saturated carbocycles. The largest absolute Gasteiger partial charge is 0.489 e. The maximum absolute atomic E-state index is 12.0. The first-order chi connectivity index (χ1) is 8.63. The first-order valence-electron chi connectivity index (χ1n) is 6.16. The highest BCUT2D eigenvalue weighted by Crippen LogP contribution is 2.26. The maximum Gasteiger partial charge on any atom is 0.345 e. The molecule has 1 heterocycles. The van der Waals surface area contributed by atoms with Gasteiger partial charge in [-0.2, -0.15) is 8.78 Å². The lowest BCUT2D eigenvalue weighted by molar-refractivity contribution is -0.172. The van der Waals surface area contributed by atoms with Gasteiger partial charge in [0.25, 0.3) is 0 Å². The summed E-state index contributed by atoms with van der Waals surface area (Å²) in [6.07, 6.45) is 4.16. The van der Waals surface area contributed by atoms with E-state index in [1.807, 2.05) is 19.1 Å². The molecule has 0 atom stereocenters. The molecule has 0 aliphatic heterocycles. The van der Waals surface area contributed by atoms with E-state index in [-0.39, 0.29) is 12.2 Å². The van der Waals surface area contributed by atoms with Crippen LogP contribution in [0.1, 0.15) is 31.4 Å². The molecule has 0 spiro atoms. The van der Waals surface area contributed by atoms with Crippen molar-refractivity contribution in [1.29, 1.82) is 0 Å². The smallest absolute Gasteiger partial charge is 0.345 e. The van der Waals surface area contributed by atoms with E-state index in [4.69, 9.17) is 4.74 Å². The monoisotopic (exact) mass is 257 g/mol. The summed E-state index contributed by atoms with van der Waals surface area (Å²) in [7, 11) is 0. The molecule has 0 N–H and O–H groups in total. The summed E-state index contributed by atoms with van der Waals surface area (Å²) >= 11 is 0. The number of alkyl halides is 2. The Morgan fingerprint density at radius 3 is 2.39 bits per heavy atom. The Morgan fingerprint density at radius 2 is 1.83 bits per heavy atom. The summed E-state index contributed by atoms with van der Waals surface area (Å²) in [5, 5.41) is 0. The van der Waals surface area contributed by atoms with Gasteiger partial charge in [0.05, 0.1) is 18.4 Å². The Labute approximate surface area is 105 Å². The van der Waals surface area contributed by atoms with Crippen LogP contribution in [0.3, 0.4) is 0 Å². The number of rotatable bonds is 4. The van der Waals surface area contributed by atoms with E-state index >= 15 is 0 Å². The molecule has 3 nitrogen and oxygen atoms in total. The minimum atomic E-state index is -2.67. The quantitative estimate of drug-likeness (QED) is 0.829. The average Bonchev–Trinajstić information content (AvgIpc) is 2.34. The predicted molar refractivity (Wildman–Crippen MR) is 62.7 cm³/mol. The van der Waals surface area contributed by atoms with E-state index in [1.54, 1.807) is 6.20 Å². The zero-order valence-electron chi connectivity index (χ0n) is 10.3. The van der Waals surface area contributed by atoms with Crippen molar-refractivity contribution < 1.29 is 18.3 Å². The lowest BCUT2D eigenvalue weighted by Crippen LogP contribution is -2.29. The van der Waals surface area contributed by atoms with Crippen LogP contribution >= 0.6 is 0 Å². The van der Waals surface area contributed by atoms with Gasteiger partial charge in [-0.25, -0.2) is 0 Å². The van der Waals surface area contributed by atoms with E-state index in [2.05, 4.69) is 9.72 Å². The Morgan fingerprint density at radius 1 is 1.17 bits per heavy atom. The number of nitrogens with zero attached hydrogens (tertiary/aromatic N) is 1. The second-order valence-corrected chi connectivity index (χ2v) is 4.55. The molecule has 1 aromatic rings. The molecular formula is C13H17F2NO2. The summed E-state index contributed by atoms with van der Waals surface area (Å²) in [4.78, 5) is 4.15. The highest BCUT2D eigenvalue weighted by molar-refractivity contribution is 5.19. The average molecular weight is 257 g/mol. The molecule has 2 rings (SSSR count). The molecule has 5 heteroatoms. The third-order valence-corrected chi connectivity index (χ3v) is 3.10. The fraction of sp³-hybridized carbons (Fsp3) is 0.615. The van der Waals surface area contributed by atoms with Crippen LogP contribution in [0.15, 0.2) is 18.3 Å². The van der Waals surface area contributed by atoms with Gasteiger partial charge in [0, 0.05) is 5.69 Å². The van der Waals surface area contributed by atoms with Gasteiger partial charge < -0.3 is 9.47 Å². The number of hydrogen-bond acceptors (Lipinski definition) is 3. The van der Waals surface area contributed by atoms with E-state index in [9.17, 15) is 8.78 Å². The molecule has 0 unspecified atom stereocenters. The van der Waals surface area contributed by atoms with Gasteiger partial charge >= 0.3 is 6.61 Å². The summed E-state index contributed by atoms with van der Waals surface area (Å²) in [5.74, 6) is 0.735. The number of aryl methyl sites for hydroxylation is 1. The highest BCUT2D eigenvalue weighted by atomic mass is 19.3. The Kier molecular flexibility index (Phi) is 4.47. The number of halogens is 2. The van der Waals surface area contributed by atoms with Gasteiger partial charge in [-0.3, -0.25) is 4.98 Å². The van der Waals surface area contributed by atoms with Crippen molar-refractivity contribution in [3.8, 4) is 5.75 Å². The van der Waals surface area contributed by atoms with Crippen molar-refractivity contribution in [1.82, 2.24) is 4.98 Å². The van der Waals surface area contributed by atoms with Crippen molar-refractivity contribution in [2.24, 2.45) is 0 Å². The Balaban J connectivity index is 1.78. The first-order valence-corrected chi connectivity index (χ1v) is 6.16. The molecule has 1 fully saturated rings. The van der Waals surface area contributed by atoms with Crippen LogP contribution in [0.4, 0.5) is 8.78 Å². The first kappa shape index (κ1) is 13.2. The van der Waals surface area contributed by atoms with E-state index < -0.39 is 6.61 Å². The van der Waals surface area contributed by atoms with Gasteiger partial charge in [0.15, 0.2) is 0 Å². The minimum Gasteiger partial charge on any atom is -0.489 e. The topological polar surface area (TPSA) is 31.4 Å². The molecule has 0 aromatic carbocycles. The van der Waals surface area contributed by atoms with Crippen molar-refractivity contribution in [3.63, 3.8) is 0 Å². The van der Waals surface area contributed by atoms with Gasteiger partial charge in [-0.15, -0.1) is 0 Å². The normalized spacial score (nSPS) is 24.2. The Hall–Kier alpha value is -1.23. The van der Waals surface area contributed by atoms with E-state index in [0.29, 0.717) is 12.8 Å². The van der Waals surface area contributed by atoms with Gasteiger partial charge in [-0.05, 0) is 44.7 Å². The van der Waals surface area contributed by atoms with Crippen LogP contribution in [0, 0.1) is 6.92 Å². The van der Waals surface area contributed by atoms with Crippen LogP contribution in [0.5, 0.6) is 5.75 Å². The fourth-order valence-electron chi connectivity index (χ4n) is 2.15. The van der Waals surface area contributed by atoms with E-state index in [1.165, 1.54) is 0 Å². The molecule has 1 aromatic heterocycles. The summed E-state index contributed by atoms with van der Waals surface area (Å²) in [5.41, 5.74) is 0.941. The van der Waals surface area contributed by atoms with Crippen LogP contribution in [-0.2, 0) is 4.74 Å². The van der Waals surface area contributed by atoms with Crippen LogP contribution < -0.4 is 4.74 Å². The molecule has 0 amide bonds. The SMILES string of the molecule is Cc1ccc(OC2CCC(OC(F)F)CC2)cn1. The summed E-state index contributed by atoms with van der Waals surface area (Å²) in [6.45, 7) is -0.759. The van der Waals surface area contributed by atoms with Gasteiger partial charge in [0.1, 0.15) is 5.75 Å². The zero-order chi connectivity index (χ0) is 13.0. The van der Waals surface area contributed by atoms with Crippen LogP contribution in [-0.4, -0.2) is 23.8 Å². The minimum absolute atomic E-state index is 0.0760. The molecule has 0 radical (unpaired) electrons. The number of pyridine rings is 1. The van der Waals surface area contributed by atoms with Crippen molar-refractivity contribution >= 4 is 0 Å². The number of hydrogen-bond donors (Lipinski definition) is 0. The lowest BCUT2D eigenvalue weighted by atomic mass is 9.95. The third-order valence-electron chi connectivity index (χ3n) is 3.10. The highest BCUT2D eigenvalue weighted by Gasteiger charge is 2.25. The van der Waals surface area contributed by atoms with Crippen molar-refractivity contribution in [2.75, 3.05) is 0 Å². The number of aromatic nitrogens is 1. The van der Waals surface area contributed by atoms with Crippen LogP contribution in [0.25, 0.3) is 0 Å². The molecule has 0 bridgehead atoms. The predicted octanol–water partition coefficient (Wildman–Crippen LogP) is 3.32. The molecule has 18 heavy (non-hydrogen) atoms. The molecule has 1 aliphatic carbocycles. The second kappa shape index (κ2) is 6.09. The second-order valence-electron chi connectivity index (χ2n) is 4.55. The fourth-order valence-corrected chi connectivity index (χ4v) is 2.15. The van der Waals surface area contributed by atoms with E-state index in [0.717, 1.165) is 24.3 Å².